The van der Waals surface area contributed by atoms with Gasteiger partial charge in [0, 0.05) is 12.1 Å². The van der Waals surface area contributed by atoms with Crippen LogP contribution in [0.15, 0.2) is 6.20 Å². The van der Waals surface area contributed by atoms with E-state index in [4.69, 9.17) is 11.6 Å². The molecular weight excluding hydrogens is 260 g/mol. The number of rotatable bonds is 7. The van der Waals surface area contributed by atoms with Crippen LogP contribution in [-0.2, 0) is 6.54 Å². The molecule has 1 rings (SSSR count). The van der Waals surface area contributed by atoms with E-state index in [9.17, 15) is 0 Å². The zero-order valence-electron chi connectivity index (χ0n) is 13.0. The molecule has 5 heteroatoms. The Hall–Kier alpha value is -0.580. The van der Waals surface area contributed by atoms with Gasteiger partial charge in [-0.2, -0.15) is 5.10 Å². The Kier molecular flexibility index (Phi) is 5.83. The fourth-order valence-corrected chi connectivity index (χ4v) is 3.37. The molecule has 0 bridgehead atoms. The van der Waals surface area contributed by atoms with Crippen LogP contribution in [0.3, 0.4) is 0 Å². The van der Waals surface area contributed by atoms with Crippen molar-refractivity contribution >= 4 is 11.6 Å². The number of nitrogens with zero attached hydrogens (tertiary/aromatic N) is 3. The summed E-state index contributed by atoms with van der Waals surface area (Å²) in [4.78, 5) is 2.30. The second-order valence-corrected chi connectivity index (χ2v) is 5.53. The predicted molar refractivity (Wildman–Crippen MR) is 81.7 cm³/mol. The lowest BCUT2D eigenvalue weighted by Crippen LogP contribution is -2.53. The Morgan fingerprint density at radius 2 is 1.95 bits per heavy atom. The van der Waals surface area contributed by atoms with Crippen LogP contribution in [0.2, 0.25) is 5.02 Å². The molecule has 0 spiro atoms. The van der Waals surface area contributed by atoms with Gasteiger partial charge in [-0.25, -0.2) is 0 Å². The third kappa shape index (κ3) is 2.81. The van der Waals surface area contributed by atoms with Crippen molar-refractivity contribution in [3.8, 4) is 0 Å². The van der Waals surface area contributed by atoms with Gasteiger partial charge in [-0.15, -0.1) is 0 Å². The van der Waals surface area contributed by atoms with Crippen molar-refractivity contribution in [3.05, 3.63) is 16.9 Å². The van der Waals surface area contributed by atoms with Crippen LogP contribution in [0, 0.1) is 0 Å². The van der Waals surface area contributed by atoms with Crippen molar-refractivity contribution in [1.82, 2.24) is 20.0 Å². The molecular formula is C14H27ClN4. The van der Waals surface area contributed by atoms with E-state index < -0.39 is 0 Å². The molecule has 0 amide bonds. The normalized spacial score (nSPS) is 14.1. The molecule has 1 N–H and O–H groups in total. The van der Waals surface area contributed by atoms with Gasteiger partial charge >= 0.3 is 0 Å². The first-order valence-corrected chi connectivity index (χ1v) is 7.42. The minimum Gasteiger partial charge on any atom is -0.310 e. The molecule has 0 saturated heterocycles. The SMILES string of the molecule is CCn1ncc(Cl)c1C(NC)C(CC)(CC)N(C)C. The second kappa shape index (κ2) is 6.73. The van der Waals surface area contributed by atoms with Gasteiger partial charge in [0.15, 0.2) is 0 Å². The van der Waals surface area contributed by atoms with E-state index in [1.165, 1.54) is 0 Å². The molecule has 1 heterocycles. The Balaban J connectivity index is 3.35. The van der Waals surface area contributed by atoms with E-state index in [-0.39, 0.29) is 11.6 Å². The molecule has 0 aliphatic rings. The van der Waals surface area contributed by atoms with Crippen molar-refractivity contribution in [1.29, 1.82) is 0 Å². The average molecular weight is 287 g/mol. The predicted octanol–water partition coefficient (Wildman–Crippen LogP) is 2.94. The van der Waals surface area contributed by atoms with Gasteiger partial charge in [0.2, 0.25) is 0 Å². The number of hydrogen-bond donors (Lipinski definition) is 1. The number of hydrogen-bond acceptors (Lipinski definition) is 3. The van der Waals surface area contributed by atoms with Gasteiger partial charge in [0.1, 0.15) is 0 Å². The zero-order valence-corrected chi connectivity index (χ0v) is 13.8. The third-order valence-corrected chi connectivity index (χ3v) is 4.64. The molecule has 0 radical (unpaired) electrons. The number of aromatic nitrogens is 2. The maximum atomic E-state index is 6.38. The molecule has 0 saturated carbocycles. The number of aryl methyl sites for hydroxylation is 1. The summed E-state index contributed by atoms with van der Waals surface area (Å²) in [6.07, 6.45) is 3.84. The molecule has 0 aromatic carbocycles. The average Bonchev–Trinajstić information content (AvgIpc) is 2.76. The molecule has 0 aliphatic heterocycles. The summed E-state index contributed by atoms with van der Waals surface area (Å²) in [7, 11) is 6.27. The van der Waals surface area contributed by atoms with E-state index >= 15 is 0 Å². The standard InChI is InChI=1S/C14H27ClN4/c1-7-14(8-2,18(5)6)13(16-4)12-11(15)10-17-19(12)9-3/h10,13,16H,7-9H2,1-6H3. The third-order valence-electron chi connectivity index (χ3n) is 4.35. The van der Waals surface area contributed by atoms with Crippen molar-refractivity contribution < 1.29 is 0 Å². The first-order valence-electron chi connectivity index (χ1n) is 7.04. The first kappa shape index (κ1) is 16.5. The Morgan fingerprint density at radius 3 is 2.32 bits per heavy atom. The van der Waals surface area contributed by atoms with E-state index in [1.807, 2.05) is 11.7 Å². The van der Waals surface area contributed by atoms with Crippen LogP contribution < -0.4 is 5.32 Å². The summed E-state index contributed by atoms with van der Waals surface area (Å²) in [5, 5.41) is 8.57. The number of likely N-dealkylation sites (N-methyl/N-ethyl adjacent to an activating group) is 2. The van der Waals surface area contributed by atoms with Crippen LogP contribution in [0.25, 0.3) is 0 Å². The molecule has 19 heavy (non-hydrogen) atoms. The van der Waals surface area contributed by atoms with Crippen LogP contribution in [0.5, 0.6) is 0 Å². The van der Waals surface area contributed by atoms with Crippen LogP contribution in [-0.4, -0.2) is 41.4 Å². The van der Waals surface area contributed by atoms with E-state index in [0.29, 0.717) is 0 Å². The summed E-state index contributed by atoms with van der Waals surface area (Å²) >= 11 is 6.38. The Morgan fingerprint density at radius 1 is 1.37 bits per heavy atom. The smallest absolute Gasteiger partial charge is 0.0834 e. The number of halogens is 1. The number of nitrogens with one attached hydrogen (secondary N) is 1. The maximum absolute atomic E-state index is 6.38. The molecule has 4 nitrogen and oxygen atoms in total. The van der Waals surface area contributed by atoms with E-state index in [0.717, 1.165) is 30.1 Å². The molecule has 0 fully saturated rings. The van der Waals surface area contributed by atoms with E-state index in [1.54, 1.807) is 6.20 Å². The molecule has 1 aromatic rings. The van der Waals surface area contributed by atoms with Gasteiger partial charge in [0.25, 0.3) is 0 Å². The summed E-state index contributed by atoms with van der Waals surface area (Å²) < 4.78 is 1.99. The van der Waals surface area contributed by atoms with Gasteiger partial charge in [-0.3, -0.25) is 4.68 Å². The van der Waals surface area contributed by atoms with Crippen molar-refractivity contribution in [2.45, 2.75) is 51.7 Å². The molecule has 1 aromatic heterocycles. The first-order chi connectivity index (χ1) is 8.98. The van der Waals surface area contributed by atoms with E-state index in [2.05, 4.69) is 50.2 Å². The van der Waals surface area contributed by atoms with Crippen molar-refractivity contribution in [2.75, 3.05) is 21.1 Å². The van der Waals surface area contributed by atoms with Crippen LogP contribution in [0.4, 0.5) is 0 Å². The highest BCUT2D eigenvalue weighted by Crippen LogP contribution is 2.38. The topological polar surface area (TPSA) is 33.1 Å². The summed E-state index contributed by atoms with van der Waals surface area (Å²) in [6.45, 7) is 7.38. The molecule has 1 atom stereocenters. The minimum atomic E-state index is 0.0331. The van der Waals surface area contributed by atoms with Crippen molar-refractivity contribution in [2.24, 2.45) is 0 Å². The highest BCUT2D eigenvalue weighted by Gasteiger charge is 2.40. The van der Waals surface area contributed by atoms with Gasteiger partial charge in [-0.1, -0.05) is 25.4 Å². The van der Waals surface area contributed by atoms with Crippen LogP contribution >= 0.6 is 11.6 Å². The lowest BCUT2D eigenvalue weighted by Gasteiger charge is -2.45. The second-order valence-electron chi connectivity index (χ2n) is 5.12. The summed E-state index contributed by atoms with van der Waals surface area (Å²) in [6, 6.07) is 0.160. The highest BCUT2D eigenvalue weighted by molar-refractivity contribution is 6.31. The summed E-state index contributed by atoms with van der Waals surface area (Å²) in [5.41, 5.74) is 1.12. The Bertz CT molecular complexity index is 396. The van der Waals surface area contributed by atoms with Gasteiger partial charge < -0.3 is 10.2 Å². The molecule has 1 unspecified atom stereocenters. The van der Waals surface area contributed by atoms with Crippen LogP contribution in [0.1, 0.15) is 45.3 Å². The molecule has 110 valence electrons. The Labute approximate surface area is 122 Å². The lowest BCUT2D eigenvalue weighted by atomic mass is 9.81. The summed E-state index contributed by atoms with van der Waals surface area (Å²) in [5.74, 6) is 0. The monoisotopic (exact) mass is 286 g/mol. The minimum absolute atomic E-state index is 0.0331. The molecule has 0 aliphatic carbocycles. The highest BCUT2D eigenvalue weighted by atomic mass is 35.5. The van der Waals surface area contributed by atoms with Gasteiger partial charge in [-0.05, 0) is 40.9 Å². The quantitative estimate of drug-likeness (QED) is 0.837. The zero-order chi connectivity index (χ0) is 14.6. The van der Waals surface area contributed by atoms with Crippen molar-refractivity contribution in [3.63, 3.8) is 0 Å². The van der Waals surface area contributed by atoms with Gasteiger partial charge in [0.05, 0.1) is 23.0 Å². The fraction of sp³-hybridized carbons (Fsp3) is 0.786. The fourth-order valence-electron chi connectivity index (χ4n) is 3.12. The largest absolute Gasteiger partial charge is 0.310 e. The maximum Gasteiger partial charge on any atom is 0.0834 e. The lowest BCUT2D eigenvalue weighted by molar-refractivity contribution is 0.0877.